The Morgan fingerprint density at radius 2 is 1.95 bits per heavy atom. The molecule has 0 saturated heterocycles. The van der Waals surface area contributed by atoms with Gasteiger partial charge in [0.2, 0.25) is 0 Å². The first kappa shape index (κ1) is 13.9. The van der Waals surface area contributed by atoms with E-state index < -0.39 is 0 Å². The number of benzene rings is 1. The molecule has 0 spiro atoms. The van der Waals surface area contributed by atoms with Crippen LogP contribution >= 0.6 is 11.3 Å². The normalized spacial score (nSPS) is 12.2. The maximum Gasteiger partial charge on any atom is 0.124 e. The maximum atomic E-state index is 5.47. The molecule has 2 aromatic rings. The van der Waals surface area contributed by atoms with Crippen molar-refractivity contribution in [1.82, 2.24) is 5.32 Å². The predicted octanol–water partition coefficient (Wildman–Crippen LogP) is 3.38. The fourth-order valence-corrected chi connectivity index (χ4v) is 3.23. The lowest BCUT2D eigenvalue weighted by Gasteiger charge is -2.20. The summed E-state index contributed by atoms with van der Waals surface area (Å²) >= 11 is 1.75. The van der Waals surface area contributed by atoms with Crippen molar-refractivity contribution < 1.29 is 9.47 Å². The van der Waals surface area contributed by atoms with Gasteiger partial charge in [-0.15, -0.1) is 11.3 Å². The summed E-state index contributed by atoms with van der Waals surface area (Å²) in [6.07, 6.45) is 0. The van der Waals surface area contributed by atoms with Crippen LogP contribution in [0.5, 0.6) is 11.5 Å². The van der Waals surface area contributed by atoms with E-state index in [1.165, 1.54) is 10.4 Å². The van der Waals surface area contributed by atoms with Crippen molar-refractivity contribution in [1.29, 1.82) is 0 Å². The van der Waals surface area contributed by atoms with Crippen molar-refractivity contribution in [2.75, 3.05) is 21.3 Å². The second-order valence-electron chi connectivity index (χ2n) is 4.30. The van der Waals surface area contributed by atoms with Crippen LogP contribution in [0.1, 0.15) is 22.0 Å². The minimum atomic E-state index is 0.116. The first-order valence-electron chi connectivity index (χ1n) is 6.14. The second-order valence-corrected chi connectivity index (χ2v) is 5.25. The number of hydrogen-bond donors (Lipinski definition) is 1. The minimum Gasteiger partial charge on any atom is -0.497 e. The first-order chi connectivity index (χ1) is 9.21. The molecule has 0 amide bonds. The van der Waals surface area contributed by atoms with Crippen LogP contribution in [0.25, 0.3) is 0 Å². The van der Waals surface area contributed by atoms with Crippen molar-refractivity contribution in [3.05, 3.63) is 45.6 Å². The lowest BCUT2D eigenvalue weighted by Crippen LogP contribution is -2.18. The van der Waals surface area contributed by atoms with E-state index in [0.29, 0.717) is 0 Å². The van der Waals surface area contributed by atoms with Gasteiger partial charge in [0.1, 0.15) is 11.5 Å². The Morgan fingerprint density at radius 1 is 1.16 bits per heavy atom. The smallest absolute Gasteiger partial charge is 0.124 e. The molecule has 1 unspecified atom stereocenters. The molecule has 0 aliphatic rings. The molecule has 0 aliphatic carbocycles. The van der Waals surface area contributed by atoms with Crippen LogP contribution in [0.3, 0.4) is 0 Å². The third kappa shape index (κ3) is 2.74. The van der Waals surface area contributed by atoms with Gasteiger partial charge in [0, 0.05) is 10.4 Å². The van der Waals surface area contributed by atoms with Crippen LogP contribution < -0.4 is 14.8 Å². The molecule has 4 heteroatoms. The van der Waals surface area contributed by atoms with Crippen molar-refractivity contribution in [2.24, 2.45) is 0 Å². The molecule has 0 fully saturated rings. The Labute approximate surface area is 118 Å². The Bertz CT molecular complexity index is 551. The van der Waals surface area contributed by atoms with Crippen molar-refractivity contribution in [3.8, 4) is 11.5 Å². The summed E-state index contributed by atoms with van der Waals surface area (Å²) < 4.78 is 10.8. The highest BCUT2D eigenvalue weighted by molar-refractivity contribution is 7.10. The van der Waals surface area contributed by atoms with Gasteiger partial charge in [-0.1, -0.05) is 0 Å². The molecular formula is C15H19NO2S. The molecule has 1 aromatic heterocycles. The lowest BCUT2D eigenvalue weighted by molar-refractivity contribution is 0.395. The minimum absolute atomic E-state index is 0.116. The lowest BCUT2D eigenvalue weighted by atomic mass is 10.0. The summed E-state index contributed by atoms with van der Waals surface area (Å²) in [5.41, 5.74) is 2.38. The zero-order valence-electron chi connectivity index (χ0n) is 11.7. The number of hydrogen-bond acceptors (Lipinski definition) is 4. The molecule has 1 heterocycles. The fraction of sp³-hybridized carbons (Fsp3) is 0.333. The largest absolute Gasteiger partial charge is 0.497 e. The van der Waals surface area contributed by atoms with E-state index in [4.69, 9.17) is 9.47 Å². The van der Waals surface area contributed by atoms with Crippen LogP contribution in [-0.4, -0.2) is 21.3 Å². The van der Waals surface area contributed by atoms with Crippen LogP contribution in [0.4, 0.5) is 0 Å². The molecular weight excluding hydrogens is 258 g/mol. The fourth-order valence-electron chi connectivity index (χ4n) is 2.17. The van der Waals surface area contributed by atoms with E-state index in [9.17, 15) is 0 Å². The van der Waals surface area contributed by atoms with Crippen molar-refractivity contribution >= 4 is 11.3 Å². The highest BCUT2D eigenvalue weighted by Crippen LogP contribution is 2.36. The van der Waals surface area contributed by atoms with Gasteiger partial charge in [0.05, 0.1) is 20.3 Å². The van der Waals surface area contributed by atoms with Crippen LogP contribution in [-0.2, 0) is 0 Å². The van der Waals surface area contributed by atoms with Gasteiger partial charge in [-0.3, -0.25) is 0 Å². The van der Waals surface area contributed by atoms with E-state index in [2.05, 4.69) is 23.7 Å². The van der Waals surface area contributed by atoms with E-state index in [1.807, 2.05) is 25.2 Å². The highest BCUT2D eigenvalue weighted by Gasteiger charge is 2.20. The SMILES string of the molecule is CNC(c1cc(OC)ccc1OC)c1sccc1C. The third-order valence-electron chi connectivity index (χ3n) is 3.20. The topological polar surface area (TPSA) is 30.5 Å². The third-order valence-corrected chi connectivity index (χ3v) is 4.28. The average molecular weight is 277 g/mol. The van der Waals surface area contributed by atoms with Crippen LogP contribution in [0.2, 0.25) is 0 Å². The number of nitrogens with one attached hydrogen (secondary N) is 1. The second kappa shape index (κ2) is 6.08. The molecule has 1 atom stereocenters. The van der Waals surface area contributed by atoms with Gasteiger partial charge in [-0.2, -0.15) is 0 Å². The Kier molecular flexibility index (Phi) is 4.45. The monoisotopic (exact) mass is 277 g/mol. The molecule has 1 aromatic carbocycles. The summed E-state index contributed by atoms with van der Waals surface area (Å²) in [5, 5.41) is 5.48. The molecule has 2 rings (SSSR count). The maximum absolute atomic E-state index is 5.47. The van der Waals surface area contributed by atoms with Crippen LogP contribution in [0.15, 0.2) is 29.6 Å². The Morgan fingerprint density at radius 3 is 2.47 bits per heavy atom. The van der Waals surface area contributed by atoms with E-state index in [1.54, 1.807) is 25.6 Å². The predicted molar refractivity (Wildman–Crippen MR) is 79.5 cm³/mol. The quantitative estimate of drug-likeness (QED) is 0.909. The first-order valence-corrected chi connectivity index (χ1v) is 7.02. The summed E-state index contributed by atoms with van der Waals surface area (Å²) in [7, 11) is 5.33. The number of ether oxygens (including phenoxy) is 2. The van der Waals surface area contributed by atoms with Crippen LogP contribution in [0, 0.1) is 6.92 Å². The zero-order chi connectivity index (χ0) is 13.8. The number of aryl methyl sites for hydroxylation is 1. The molecule has 102 valence electrons. The van der Waals surface area contributed by atoms with Gasteiger partial charge in [-0.05, 0) is 49.2 Å². The summed E-state index contributed by atoms with van der Waals surface area (Å²) in [5.74, 6) is 1.71. The van der Waals surface area contributed by atoms with Crippen molar-refractivity contribution in [3.63, 3.8) is 0 Å². The van der Waals surface area contributed by atoms with Gasteiger partial charge in [-0.25, -0.2) is 0 Å². The Hall–Kier alpha value is -1.52. The zero-order valence-corrected chi connectivity index (χ0v) is 12.5. The standard InChI is InChI=1S/C15H19NO2S/c1-10-7-8-19-15(10)14(16-2)12-9-11(17-3)5-6-13(12)18-4/h5-9,14,16H,1-4H3. The molecule has 1 N–H and O–H groups in total. The van der Waals surface area contributed by atoms with Gasteiger partial charge in [0.25, 0.3) is 0 Å². The average Bonchev–Trinajstić information content (AvgIpc) is 2.86. The van der Waals surface area contributed by atoms with E-state index in [-0.39, 0.29) is 6.04 Å². The number of thiophene rings is 1. The molecule has 3 nitrogen and oxygen atoms in total. The van der Waals surface area contributed by atoms with E-state index >= 15 is 0 Å². The molecule has 0 aliphatic heterocycles. The molecule has 0 radical (unpaired) electrons. The summed E-state index contributed by atoms with van der Waals surface area (Å²) in [6.45, 7) is 2.13. The molecule has 19 heavy (non-hydrogen) atoms. The number of rotatable bonds is 5. The summed E-state index contributed by atoms with van der Waals surface area (Å²) in [4.78, 5) is 1.30. The molecule has 0 saturated carbocycles. The Balaban J connectivity index is 2.51. The number of methoxy groups -OCH3 is 2. The van der Waals surface area contributed by atoms with E-state index in [0.717, 1.165) is 17.1 Å². The van der Waals surface area contributed by atoms with Gasteiger partial charge in [0.15, 0.2) is 0 Å². The van der Waals surface area contributed by atoms with Gasteiger partial charge < -0.3 is 14.8 Å². The molecule has 0 bridgehead atoms. The summed E-state index contributed by atoms with van der Waals surface area (Å²) in [6, 6.07) is 8.14. The van der Waals surface area contributed by atoms with Gasteiger partial charge >= 0.3 is 0 Å². The highest BCUT2D eigenvalue weighted by atomic mass is 32.1. The van der Waals surface area contributed by atoms with Crippen molar-refractivity contribution in [2.45, 2.75) is 13.0 Å².